The first-order chi connectivity index (χ1) is 7.49. The summed E-state index contributed by atoms with van der Waals surface area (Å²) in [5, 5.41) is 0. The molecule has 0 aliphatic rings. The van der Waals surface area contributed by atoms with Gasteiger partial charge in [-0.15, -0.1) is 11.8 Å². The highest BCUT2D eigenvalue weighted by molar-refractivity contribution is 8.04. The van der Waals surface area contributed by atoms with E-state index in [2.05, 4.69) is 55.0 Å². The first-order valence-corrected chi connectivity index (χ1v) is 7.68. The van der Waals surface area contributed by atoms with Crippen LogP contribution in [0.1, 0.15) is 74.1 Å². The van der Waals surface area contributed by atoms with E-state index in [0.717, 1.165) is 5.92 Å². The Morgan fingerprint density at radius 1 is 1.12 bits per heavy atom. The van der Waals surface area contributed by atoms with Gasteiger partial charge in [0.15, 0.2) is 0 Å². The summed E-state index contributed by atoms with van der Waals surface area (Å²) in [5.41, 5.74) is 0.469. The fourth-order valence-corrected chi connectivity index (χ4v) is 3.39. The normalized spacial score (nSPS) is 14.8. The van der Waals surface area contributed by atoms with Gasteiger partial charge in [0.1, 0.15) is 0 Å². The molecule has 0 aromatic carbocycles. The summed E-state index contributed by atoms with van der Waals surface area (Å²) in [4.78, 5) is 1.35. The van der Waals surface area contributed by atoms with Crippen LogP contribution in [-0.4, -0.2) is 4.75 Å². The van der Waals surface area contributed by atoms with Crippen LogP contribution in [0.5, 0.6) is 0 Å². The molecule has 102 valence electrons. The first-order valence-electron chi connectivity index (χ1n) is 6.86. The molecule has 0 aliphatic carbocycles. The molecule has 1 atom stereocenters. The molecule has 0 bridgehead atoms. The standard InChI is InChI=1S/C16H32S/c1-13(12-15(3,4)5)10-9-11-14(2)17-16(6,7)8/h13H,2,9-12H2,1,3-8H3. The van der Waals surface area contributed by atoms with Crippen molar-refractivity contribution < 1.29 is 0 Å². The highest BCUT2D eigenvalue weighted by Gasteiger charge is 2.16. The van der Waals surface area contributed by atoms with Crippen LogP contribution >= 0.6 is 11.8 Å². The number of rotatable bonds is 6. The smallest absolute Gasteiger partial charge is 0.0119 e. The quantitative estimate of drug-likeness (QED) is 0.539. The molecule has 0 nitrogen and oxygen atoms in total. The van der Waals surface area contributed by atoms with E-state index in [1.165, 1.54) is 30.6 Å². The van der Waals surface area contributed by atoms with Crippen LogP contribution in [0.25, 0.3) is 0 Å². The topological polar surface area (TPSA) is 0 Å². The molecular weight excluding hydrogens is 224 g/mol. The molecule has 0 rings (SSSR count). The Morgan fingerprint density at radius 3 is 2.06 bits per heavy atom. The van der Waals surface area contributed by atoms with Crippen molar-refractivity contribution >= 4 is 11.8 Å². The monoisotopic (exact) mass is 256 g/mol. The summed E-state index contributed by atoms with van der Waals surface area (Å²) in [6, 6.07) is 0. The first kappa shape index (κ1) is 17.1. The second kappa shape index (κ2) is 6.87. The predicted molar refractivity (Wildman–Crippen MR) is 83.6 cm³/mol. The number of thioether (sulfide) groups is 1. The predicted octanol–water partition coefficient (Wildman–Crippen LogP) is 6.27. The number of allylic oxidation sites excluding steroid dienone is 1. The fraction of sp³-hybridized carbons (Fsp3) is 0.875. The highest BCUT2D eigenvalue weighted by atomic mass is 32.2. The second-order valence-electron chi connectivity index (χ2n) is 7.52. The third kappa shape index (κ3) is 12.3. The van der Waals surface area contributed by atoms with Gasteiger partial charge >= 0.3 is 0 Å². The van der Waals surface area contributed by atoms with E-state index in [0.29, 0.717) is 10.2 Å². The van der Waals surface area contributed by atoms with Crippen molar-refractivity contribution in [3.8, 4) is 0 Å². The van der Waals surface area contributed by atoms with E-state index >= 15 is 0 Å². The van der Waals surface area contributed by atoms with Gasteiger partial charge in [0.05, 0.1) is 0 Å². The van der Waals surface area contributed by atoms with Gasteiger partial charge < -0.3 is 0 Å². The summed E-state index contributed by atoms with van der Waals surface area (Å²) in [5.74, 6) is 0.836. The minimum absolute atomic E-state index is 0.314. The molecule has 0 amide bonds. The molecule has 0 saturated carbocycles. The van der Waals surface area contributed by atoms with Gasteiger partial charge in [0.2, 0.25) is 0 Å². The van der Waals surface area contributed by atoms with Crippen LogP contribution in [0.3, 0.4) is 0 Å². The molecule has 0 aliphatic heterocycles. The lowest BCUT2D eigenvalue weighted by molar-refractivity contribution is 0.294. The third-order valence-corrected chi connectivity index (χ3v) is 3.67. The van der Waals surface area contributed by atoms with Crippen molar-refractivity contribution in [2.75, 3.05) is 0 Å². The van der Waals surface area contributed by atoms with Crippen LogP contribution in [0.4, 0.5) is 0 Å². The second-order valence-corrected chi connectivity index (χ2v) is 9.52. The SMILES string of the molecule is C=C(CCCC(C)CC(C)(C)C)SC(C)(C)C. The molecule has 0 spiro atoms. The Balaban J connectivity index is 3.74. The molecule has 1 heteroatoms. The van der Waals surface area contributed by atoms with E-state index in [-0.39, 0.29) is 0 Å². The van der Waals surface area contributed by atoms with E-state index in [9.17, 15) is 0 Å². The molecular formula is C16H32S. The average molecular weight is 256 g/mol. The Bertz CT molecular complexity index is 227. The van der Waals surface area contributed by atoms with Gasteiger partial charge in [-0.3, -0.25) is 0 Å². The van der Waals surface area contributed by atoms with Gasteiger partial charge in [0, 0.05) is 4.75 Å². The minimum atomic E-state index is 0.314. The lowest BCUT2D eigenvalue weighted by Crippen LogP contribution is -2.11. The Morgan fingerprint density at radius 2 is 1.65 bits per heavy atom. The summed E-state index contributed by atoms with van der Waals surface area (Å²) in [6.07, 6.45) is 5.13. The van der Waals surface area contributed by atoms with Gasteiger partial charge in [-0.1, -0.05) is 61.5 Å². The van der Waals surface area contributed by atoms with E-state index in [1.54, 1.807) is 0 Å². The zero-order valence-electron chi connectivity index (χ0n) is 13.0. The molecule has 0 N–H and O–H groups in total. The van der Waals surface area contributed by atoms with Crippen molar-refractivity contribution in [2.45, 2.75) is 78.9 Å². The minimum Gasteiger partial charge on any atom is -0.125 e. The fourth-order valence-electron chi connectivity index (χ4n) is 2.28. The lowest BCUT2D eigenvalue weighted by Gasteiger charge is -2.23. The number of hydrogen-bond acceptors (Lipinski definition) is 1. The largest absolute Gasteiger partial charge is 0.125 e. The van der Waals surface area contributed by atoms with Crippen LogP contribution in [0, 0.1) is 11.3 Å². The lowest BCUT2D eigenvalue weighted by atomic mass is 9.83. The number of hydrogen-bond donors (Lipinski definition) is 0. The summed E-state index contributed by atoms with van der Waals surface area (Å²) in [7, 11) is 0. The van der Waals surface area contributed by atoms with Crippen LogP contribution in [0.15, 0.2) is 11.5 Å². The Labute approximate surface area is 114 Å². The van der Waals surface area contributed by atoms with Gasteiger partial charge in [-0.2, -0.15) is 0 Å². The zero-order valence-corrected chi connectivity index (χ0v) is 13.8. The molecule has 1 unspecified atom stereocenters. The van der Waals surface area contributed by atoms with Crippen LogP contribution in [0.2, 0.25) is 0 Å². The molecule has 0 fully saturated rings. The van der Waals surface area contributed by atoms with E-state index in [4.69, 9.17) is 0 Å². The van der Waals surface area contributed by atoms with Gasteiger partial charge in [-0.05, 0) is 35.5 Å². The van der Waals surface area contributed by atoms with Crippen LogP contribution < -0.4 is 0 Å². The molecule has 0 aromatic heterocycles. The van der Waals surface area contributed by atoms with Crippen molar-refractivity contribution in [2.24, 2.45) is 11.3 Å². The van der Waals surface area contributed by atoms with Crippen molar-refractivity contribution in [3.05, 3.63) is 11.5 Å². The average Bonchev–Trinajstić information content (AvgIpc) is 1.95. The summed E-state index contributed by atoms with van der Waals surface area (Å²) < 4.78 is 0.314. The molecule has 0 aromatic rings. The van der Waals surface area contributed by atoms with Crippen molar-refractivity contribution in [3.63, 3.8) is 0 Å². The molecule has 0 heterocycles. The van der Waals surface area contributed by atoms with Gasteiger partial charge in [0.25, 0.3) is 0 Å². The van der Waals surface area contributed by atoms with Gasteiger partial charge in [-0.25, -0.2) is 0 Å². The van der Waals surface area contributed by atoms with Crippen LogP contribution in [-0.2, 0) is 0 Å². The Kier molecular flexibility index (Phi) is 6.91. The Hall–Kier alpha value is 0.0900. The zero-order chi connectivity index (χ0) is 13.7. The highest BCUT2D eigenvalue weighted by Crippen LogP contribution is 2.33. The molecule has 0 saturated heterocycles. The van der Waals surface area contributed by atoms with E-state index in [1.807, 2.05) is 11.8 Å². The summed E-state index contributed by atoms with van der Waals surface area (Å²) in [6.45, 7) is 20.3. The van der Waals surface area contributed by atoms with Crippen molar-refractivity contribution in [1.29, 1.82) is 0 Å². The molecule has 0 radical (unpaired) electrons. The molecule has 17 heavy (non-hydrogen) atoms. The van der Waals surface area contributed by atoms with E-state index < -0.39 is 0 Å². The van der Waals surface area contributed by atoms with Crippen molar-refractivity contribution in [1.82, 2.24) is 0 Å². The maximum absolute atomic E-state index is 4.17. The summed E-state index contributed by atoms with van der Waals surface area (Å²) >= 11 is 1.93. The maximum atomic E-state index is 4.17. The maximum Gasteiger partial charge on any atom is 0.0119 e. The third-order valence-electron chi connectivity index (χ3n) is 2.56.